The summed E-state index contributed by atoms with van der Waals surface area (Å²) in [6, 6.07) is 0. The van der Waals surface area contributed by atoms with Gasteiger partial charge in [-0.05, 0) is 92.4 Å². The van der Waals surface area contributed by atoms with Crippen LogP contribution in [0.5, 0.6) is 0 Å². The van der Waals surface area contributed by atoms with Gasteiger partial charge in [-0.2, -0.15) is 5.10 Å². The number of hydrogen-bond donors (Lipinski definition) is 3. The lowest BCUT2D eigenvalue weighted by Crippen LogP contribution is -2.62. The lowest BCUT2D eigenvalue weighted by Gasteiger charge is -2.63. The van der Waals surface area contributed by atoms with E-state index in [4.69, 9.17) is 16.2 Å². The largest absolute Gasteiger partial charge is 0.458 e. The fourth-order valence-corrected chi connectivity index (χ4v) is 8.43. The summed E-state index contributed by atoms with van der Waals surface area (Å²) in [4.78, 5) is 11.7. The van der Waals surface area contributed by atoms with Crippen LogP contribution in [0.2, 0.25) is 0 Å². The third-order valence-corrected chi connectivity index (χ3v) is 10.1. The lowest BCUT2D eigenvalue weighted by atomic mass is 9.43. The van der Waals surface area contributed by atoms with Gasteiger partial charge in [0.15, 0.2) is 0 Å². The molecule has 1 heterocycles. The number of nitrogens with zero attached hydrogens (tertiary/aromatic N) is 2. The van der Waals surface area contributed by atoms with Gasteiger partial charge < -0.3 is 21.3 Å². The minimum absolute atomic E-state index is 0.0126. The van der Waals surface area contributed by atoms with E-state index in [1.807, 2.05) is 0 Å². The van der Waals surface area contributed by atoms with E-state index in [2.05, 4.69) is 24.1 Å². The Balaban J connectivity index is 1.40. The monoisotopic (exact) mass is 428 g/mol. The molecule has 0 radical (unpaired) electrons. The number of carbonyl (C=O) groups excluding carboxylic acids is 1. The Morgan fingerprint density at radius 2 is 1.94 bits per heavy atom. The molecule has 7 atom stereocenters. The van der Waals surface area contributed by atoms with Crippen LogP contribution in [0.4, 0.5) is 0 Å². The standard InChI is InChI=1S/C24H36N4O3/c1-22-8-5-16(27-28-21(25)26)12-15(22)3-4-19-18(22)6-9-23(2)17(7-10-24(19,23)30)14-11-20(29)31-13-14/h11,15,17-19,30H,3-10,12-13H2,1-2H3,(H4,25,26,28)/b27-16+/t15?,17-,18?,19?,22+,23-,24+/m1/s1. The zero-order valence-corrected chi connectivity index (χ0v) is 18.8. The van der Waals surface area contributed by atoms with Crippen molar-refractivity contribution in [2.75, 3.05) is 6.61 Å². The Kier molecular flexibility index (Phi) is 4.78. The number of esters is 1. The molecule has 7 heteroatoms. The van der Waals surface area contributed by atoms with Crippen molar-refractivity contribution < 1.29 is 14.6 Å². The van der Waals surface area contributed by atoms with Crippen molar-refractivity contribution in [3.63, 3.8) is 0 Å². The maximum Gasteiger partial charge on any atom is 0.331 e. The summed E-state index contributed by atoms with van der Waals surface area (Å²) < 4.78 is 5.22. The number of cyclic esters (lactones) is 1. The summed E-state index contributed by atoms with van der Waals surface area (Å²) in [6.07, 6.45) is 10.8. The molecule has 3 unspecified atom stereocenters. The van der Waals surface area contributed by atoms with Crippen molar-refractivity contribution in [3.05, 3.63) is 11.6 Å². The van der Waals surface area contributed by atoms with Crippen molar-refractivity contribution in [2.45, 2.75) is 77.2 Å². The van der Waals surface area contributed by atoms with Crippen molar-refractivity contribution in [1.82, 2.24) is 0 Å². The molecule has 4 saturated carbocycles. The summed E-state index contributed by atoms with van der Waals surface area (Å²) >= 11 is 0. The molecule has 0 aromatic carbocycles. The van der Waals surface area contributed by atoms with E-state index in [-0.39, 0.29) is 28.7 Å². The van der Waals surface area contributed by atoms with E-state index in [0.29, 0.717) is 24.4 Å². The molecule has 5 rings (SSSR count). The molecular weight excluding hydrogens is 392 g/mol. The molecule has 31 heavy (non-hydrogen) atoms. The number of nitrogens with two attached hydrogens (primary N) is 2. The molecule has 0 bridgehead atoms. The first-order valence-corrected chi connectivity index (χ1v) is 11.9. The second kappa shape index (κ2) is 7.06. The van der Waals surface area contributed by atoms with Gasteiger partial charge in [-0.3, -0.25) is 0 Å². The van der Waals surface area contributed by atoms with Gasteiger partial charge in [0.1, 0.15) is 6.61 Å². The highest BCUT2D eigenvalue weighted by atomic mass is 16.5. The van der Waals surface area contributed by atoms with E-state index in [9.17, 15) is 9.90 Å². The molecule has 4 fully saturated rings. The van der Waals surface area contributed by atoms with Crippen LogP contribution in [0.1, 0.15) is 71.6 Å². The van der Waals surface area contributed by atoms with Crippen LogP contribution in [0.3, 0.4) is 0 Å². The molecule has 0 spiro atoms. The van der Waals surface area contributed by atoms with E-state index >= 15 is 0 Å². The van der Waals surface area contributed by atoms with Crippen LogP contribution in [-0.4, -0.2) is 35.0 Å². The highest BCUT2D eigenvalue weighted by Crippen LogP contribution is 2.69. The second-order valence-corrected chi connectivity index (χ2v) is 11.2. The fraction of sp³-hybridized carbons (Fsp3) is 0.792. The highest BCUT2D eigenvalue weighted by Gasteiger charge is 2.67. The molecule has 1 aliphatic heterocycles. The molecule has 7 nitrogen and oxygen atoms in total. The van der Waals surface area contributed by atoms with Crippen LogP contribution in [0, 0.1) is 34.5 Å². The molecule has 0 saturated heterocycles. The van der Waals surface area contributed by atoms with E-state index in [1.165, 1.54) is 0 Å². The average molecular weight is 429 g/mol. The quantitative estimate of drug-likeness (QED) is 0.270. The highest BCUT2D eigenvalue weighted by molar-refractivity contribution is 5.87. The first-order valence-electron chi connectivity index (χ1n) is 11.9. The number of aliphatic hydroxyl groups is 1. The van der Waals surface area contributed by atoms with E-state index < -0.39 is 5.60 Å². The fourth-order valence-electron chi connectivity index (χ4n) is 8.43. The third kappa shape index (κ3) is 2.99. The first-order chi connectivity index (χ1) is 14.7. The number of guanidine groups is 1. The van der Waals surface area contributed by atoms with Crippen molar-refractivity contribution in [1.29, 1.82) is 0 Å². The zero-order chi connectivity index (χ0) is 22.0. The summed E-state index contributed by atoms with van der Waals surface area (Å²) in [5, 5.41) is 20.4. The van der Waals surface area contributed by atoms with Crippen molar-refractivity contribution in [2.24, 2.45) is 56.2 Å². The Bertz CT molecular complexity index is 878. The first kappa shape index (κ1) is 21.0. The Morgan fingerprint density at radius 3 is 2.65 bits per heavy atom. The predicted molar refractivity (Wildman–Crippen MR) is 119 cm³/mol. The number of ether oxygens (including phenoxy) is 1. The molecule has 170 valence electrons. The van der Waals surface area contributed by atoms with Crippen molar-refractivity contribution >= 4 is 17.6 Å². The van der Waals surface area contributed by atoms with Gasteiger partial charge in [0, 0.05) is 17.2 Å². The van der Waals surface area contributed by atoms with Crippen LogP contribution in [-0.2, 0) is 9.53 Å². The smallest absolute Gasteiger partial charge is 0.331 e. The van der Waals surface area contributed by atoms with Crippen LogP contribution in [0.15, 0.2) is 21.9 Å². The Hall–Kier alpha value is -1.89. The summed E-state index contributed by atoms with van der Waals surface area (Å²) in [5.41, 5.74) is 12.5. The van der Waals surface area contributed by atoms with Crippen LogP contribution < -0.4 is 11.5 Å². The van der Waals surface area contributed by atoms with Crippen molar-refractivity contribution in [3.8, 4) is 0 Å². The number of fused-ring (bicyclic) bond motifs is 5. The molecule has 0 aromatic heterocycles. The molecule has 0 amide bonds. The predicted octanol–water partition coefficient (Wildman–Crippen LogP) is 2.87. The normalized spacial score (nSPS) is 47.8. The van der Waals surface area contributed by atoms with Gasteiger partial charge in [-0.25, -0.2) is 4.79 Å². The maximum absolute atomic E-state index is 12.2. The third-order valence-electron chi connectivity index (χ3n) is 10.1. The van der Waals surface area contributed by atoms with Gasteiger partial charge in [0.2, 0.25) is 5.96 Å². The lowest BCUT2D eigenvalue weighted by molar-refractivity contribution is -0.200. The summed E-state index contributed by atoms with van der Waals surface area (Å²) in [7, 11) is 0. The number of hydrogen-bond acceptors (Lipinski definition) is 5. The molecule has 5 aliphatic rings. The number of carbonyl (C=O) groups is 1. The SMILES string of the molecule is C[C@]12CC/C(=N\N=C(N)N)CC1CCC1C2CC[C@]2(C)[C@@H](C3=CC(=O)OC3)CC[C@]12O. The average Bonchev–Trinajstić information content (AvgIpc) is 3.26. The van der Waals surface area contributed by atoms with E-state index in [0.717, 1.165) is 69.1 Å². The molecule has 0 aromatic rings. The number of rotatable bonds is 2. The van der Waals surface area contributed by atoms with Gasteiger partial charge >= 0.3 is 5.97 Å². The van der Waals surface area contributed by atoms with Gasteiger partial charge in [0.05, 0.1) is 5.60 Å². The zero-order valence-electron chi connectivity index (χ0n) is 18.8. The molecule has 5 N–H and O–H groups in total. The summed E-state index contributed by atoms with van der Waals surface area (Å²) in [5.74, 6) is 1.47. The van der Waals surface area contributed by atoms with Gasteiger partial charge in [-0.1, -0.05) is 13.8 Å². The summed E-state index contributed by atoms with van der Waals surface area (Å²) in [6.45, 7) is 5.14. The van der Waals surface area contributed by atoms with Gasteiger partial charge in [-0.15, -0.1) is 5.10 Å². The van der Waals surface area contributed by atoms with E-state index in [1.54, 1.807) is 6.08 Å². The minimum Gasteiger partial charge on any atom is -0.458 e. The Morgan fingerprint density at radius 1 is 1.13 bits per heavy atom. The van der Waals surface area contributed by atoms with Crippen LogP contribution >= 0.6 is 0 Å². The van der Waals surface area contributed by atoms with Gasteiger partial charge in [0.25, 0.3) is 0 Å². The topological polar surface area (TPSA) is 123 Å². The van der Waals surface area contributed by atoms with Crippen LogP contribution in [0.25, 0.3) is 0 Å². The maximum atomic E-state index is 12.2. The minimum atomic E-state index is -0.659. The second-order valence-electron chi connectivity index (χ2n) is 11.2. The molecular formula is C24H36N4O3. The molecule has 4 aliphatic carbocycles. The Labute approximate surface area is 184 Å².